The van der Waals surface area contributed by atoms with E-state index in [1.54, 1.807) is 11.3 Å². The first kappa shape index (κ1) is 11.3. The summed E-state index contributed by atoms with van der Waals surface area (Å²) in [5, 5.41) is 13.4. The third-order valence-electron chi connectivity index (χ3n) is 2.32. The van der Waals surface area contributed by atoms with Crippen LogP contribution >= 0.6 is 11.3 Å². The smallest absolute Gasteiger partial charge is 0.131 e. The molecule has 5 heteroatoms. The largest absolute Gasteiger partial charge is 0.465 e. The summed E-state index contributed by atoms with van der Waals surface area (Å²) in [6, 6.07) is 4.17. The molecule has 16 heavy (non-hydrogen) atoms. The molecule has 1 unspecified atom stereocenters. The molecule has 86 valence electrons. The fraction of sp³-hybridized carbons (Fsp3) is 0.455. The molecule has 0 bridgehead atoms. The van der Waals surface area contributed by atoms with E-state index >= 15 is 0 Å². The molecule has 0 saturated heterocycles. The van der Waals surface area contributed by atoms with Gasteiger partial charge in [0.25, 0.3) is 0 Å². The van der Waals surface area contributed by atoms with Crippen LogP contribution in [0.4, 0.5) is 0 Å². The Bertz CT molecular complexity index is 463. The van der Waals surface area contributed by atoms with Crippen molar-refractivity contribution >= 4 is 11.3 Å². The van der Waals surface area contributed by atoms with E-state index in [1.165, 1.54) is 0 Å². The normalized spacial score (nSPS) is 12.9. The SMILES string of the molecule is Cc1ccc(C(C)NCc2nnc(C)s2)o1. The second-order valence-electron chi connectivity index (χ2n) is 3.77. The third kappa shape index (κ3) is 2.68. The van der Waals surface area contributed by atoms with E-state index in [0.717, 1.165) is 28.1 Å². The summed E-state index contributed by atoms with van der Waals surface area (Å²) in [5.74, 6) is 1.90. The van der Waals surface area contributed by atoms with E-state index in [-0.39, 0.29) is 6.04 Å². The minimum absolute atomic E-state index is 0.193. The minimum Gasteiger partial charge on any atom is -0.465 e. The highest BCUT2D eigenvalue weighted by molar-refractivity contribution is 7.11. The van der Waals surface area contributed by atoms with Gasteiger partial charge in [-0.15, -0.1) is 21.5 Å². The van der Waals surface area contributed by atoms with Gasteiger partial charge in [-0.25, -0.2) is 0 Å². The molecular formula is C11H15N3OS. The van der Waals surface area contributed by atoms with Gasteiger partial charge in [-0.1, -0.05) is 0 Å². The van der Waals surface area contributed by atoms with Crippen LogP contribution in [0.2, 0.25) is 0 Å². The molecule has 2 aromatic heterocycles. The van der Waals surface area contributed by atoms with E-state index in [2.05, 4.69) is 22.4 Å². The van der Waals surface area contributed by atoms with E-state index in [1.807, 2.05) is 26.0 Å². The highest BCUT2D eigenvalue weighted by Gasteiger charge is 2.09. The maximum Gasteiger partial charge on any atom is 0.131 e. The van der Waals surface area contributed by atoms with Crippen LogP contribution in [-0.2, 0) is 6.54 Å². The molecule has 2 aromatic rings. The zero-order chi connectivity index (χ0) is 11.5. The van der Waals surface area contributed by atoms with E-state index in [0.29, 0.717) is 0 Å². The number of rotatable bonds is 4. The molecule has 0 aliphatic carbocycles. The molecule has 0 aliphatic heterocycles. The summed E-state index contributed by atoms with van der Waals surface area (Å²) in [5.41, 5.74) is 0. The first-order valence-electron chi connectivity index (χ1n) is 5.24. The zero-order valence-electron chi connectivity index (χ0n) is 9.65. The molecular weight excluding hydrogens is 222 g/mol. The number of hydrogen-bond acceptors (Lipinski definition) is 5. The Morgan fingerprint density at radius 2 is 2.19 bits per heavy atom. The maximum atomic E-state index is 5.54. The molecule has 0 amide bonds. The van der Waals surface area contributed by atoms with Crippen molar-refractivity contribution in [2.24, 2.45) is 0 Å². The summed E-state index contributed by atoms with van der Waals surface area (Å²) in [6.07, 6.45) is 0. The quantitative estimate of drug-likeness (QED) is 0.888. The van der Waals surface area contributed by atoms with Crippen LogP contribution in [0.5, 0.6) is 0 Å². The number of nitrogens with one attached hydrogen (secondary N) is 1. The molecule has 0 radical (unpaired) electrons. The second kappa shape index (κ2) is 4.76. The highest BCUT2D eigenvalue weighted by Crippen LogP contribution is 2.16. The van der Waals surface area contributed by atoms with Gasteiger partial charge in [-0.2, -0.15) is 0 Å². The van der Waals surface area contributed by atoms with Crippen molar-refractivity contribution in [3.63, 3.8) is 0 Å². The number of aromatic nitrogens is 2. The van der Waals surface area contributed by atoms with Gasteiger partial charge in [0.15, 0.2) is 0 Å². The first-order chi connectivity index (χ1) is 7.65. The molecule has 0 fully saturated rings. The monoisotopic (exact) mass is 237 g/mol. The lowest BCUT2D eigenvalue weighted by atomic mass is 10.2. The Hall–Kier alpha value is -1.20. The number of nitrogens with zero attached hydrogens (tertiary/aromatic N) is 2. The van der Waals surface area contributed by atoms with Crippen molar-refractivity contribution in [2.75, 3.05) is 0 Å². The summed E-state index contributed by atoms with van der Waals surface area (Å²) < 4.78 is 5.54. The fourth-order valence-corrected chi connectivity index (χ4v) is 2.10. The summed E-state index contributed by atoms with van der Waals surface area (Å²) in [6.45, 7) is 6.71. The number of furan rings is 1. The Morgan fingerprint density at radius 1 is 1.38 bits per heavy atom. The van der Waals surface area contributed by atoms with Crippen LogP contribution in [0.25, 0.3) is 0 Å². The molecule has 2 heterocycles. The topological polar surface area (TPSA) is 51.0 Å². The van der Waals surface area contributed by atoms with Gasteiger partial charge in [0.05, 0.1) is 12.6 Å². The third-order valence-corrected chi connectivity index (χ3v) is 3.15. The summed E-state index contributed by atoms with van der Waals surface area (Å²) in [4.78, 5) is 0. The van der Waals surface area contributed by atoms with Crippen molar-refractivity contribution in [3.8, 4) is 0 Å². The molecule has 1 N–H and O–H groups in total. The van der Waals surface area contributed by atoms with Gasteiger partial charge < -0.3 is 9.73 Å². The predicted molar refractivity (Wildman–Crippen MR) is 63.3 cm³/mol. The Balaban J connectivity index is 1.91. The molecule has 0 aliphatic rings. The van der Waals surface area contributed by atoms with Crippen LogP contribution in [0.15, 0.2) is 16.5 Å². The standard InChI is InChI=1S/C11H15N3OS/c1-7-4-5-10(15-7)8(2)12-6-11-14-13-9(3)16-11/h4-5,8,12H,6H2,1-3H3. The first-order valence-corrected chi connectivity index (χ1v) is 6.05. The number of hydrogen-bond donors (Lipinski definition) is 1. The lowest BCUT2D eigenvalue weighted by molar-refractivity contribution is 0.415. The molecule has 0 spiro atoms. The van der Waals surface area contributed by atoms with E-state index in [9.17, 15) is 0 Å². The van der Waals surface area contributed by atoms with Gasteiger partial charge in [0.1, 0.15) is 21.5 Å². The predicted octanol–water partition coefficient (Wildman–Crippen LogP) is 2.60. The number of aryl methyl sites for hydroxylation is 2. The van der Waals surface area contributed by atoms with Crippen LogP contribution in [-0.4, -0.2) is 10.2 Å². The molecule has 0 saturated carbocycles. The molecule has 4 nitrogen and oxygen atoms in total. The van der Waals surface area contributed by atoms with Crippen molar-refractivity contribution in [3.05, 3.63) is 33.7 Å². The summed E-state index contributed by atoms with van der Waals surface area (Å²) >= 11 is 1.61. The second-order valence-corrected chi connectivity index (χ2v) is 5.03. The fourth-order valence-electron chi connectivity index (χ4n) is 1.44. The van der Waals surface area contributed by atoms with Gasteiger partial charge >= 0.3 is 0 Å². The average Bonchev–Trinajstić information content (AvgIpc) is 2.84. The maximum absolute atomic E-state index is 5.54. The van der Waals surface area contributed by atoms with Crippen molar-refractivity contribution in [1.82, 2.24) is 15.5 Å². The van der Waals surface area contributed by atoms with Crippen LogP contribution < -0.4 is 5.32 Å². The van der Waals surface area contributed by atoms with Gasteiger partial charge in [-0.3, -0.25) is 0 Å². The van der Waals surface area contributed by atoms with Crippen molar-refractivity contribution < 1.29 is 4.42 Å². The van der Waals surface area contributed by atoms with Crippen molar-refractivity contribution in [1.29, 1.82) is 0 Å². The Morgan fingerprint density at radius 3 is 2.75 bits per heavy atom. The van der Waals surface area contributed by atoms with Crippen molar-refractivity contribution in [2.45, 2.75) is 33.4 Å². The summed E-state index contributed by atoms with van der Waals surface area (Å²) in [7, 11) is 0. The lowest BCUT2D eigenvalue weighted by Crippen LogP contribution is -2.17. The highest BCUT2D eigenvalue weighted by atomic mass is 32.1. The molecule has 1 atom stereocenters. The van der Waals surface area contributed by atoms with Crippen LogP contribution in [0, 0.1) is 13.8 Å². The Labute approximate surface area is 98.7 Å². The zero-order valence-corrected chi connectivity index (χ0v) is 10.5. The van der Waals surface area contributed by atoms with Gasteiger partial charge in [0, 0.05) is 0 Å². The van der Waals surface area contributed by atoms with Crippen LogP contribution in [0.1, 0.15) is 34.5 Å². The van der Waals surface area contributed by atoms with Crippen LogP contribution in [0.3, 0.4) is 0 Å². The lowest BCUT2D eigenvalue weighted by Gasteiger charge is -2.09. The van der Waals surface area contributed by atoms with Gasteiger partial charge in [-0.05, 0) is 32.9 Å². The molecule has 0 aromatic carbocycles. The molecule has 2 rings (SSSR count). The van der Waals surface area contributed by atoms with E-state index in [4.69, 9.17) is 4.42 Å². The van der Waals surface area contributed by atoms with E-state index < -0.39 is 0 Å². The minimum atomic E-state index is 0.193. The van der Waals surface area contributed by atoms with Gasteiger partial charge in [0.2, 0.25) is 0 Å². The average molecular weight is 237 g/mol. The Kier molecular flexibility index (Phi) is 3.36.